The van der Waals surface area contributed by atoms with E-state index in [1.165, 1.54) is 13.0 Å². The Morgan fingerprint density at radius 3 is 2.38 bits per heavy atom. The molecule has 0 aromatic carbocycles. The lowest BCUT2D eigenvalue weighted by Gasteiger charge is -2.38. The maximum absolute atomic E-state index is 3.42. The van der Waals surface area contributed by atoms with Crippen LogP contribution in [-0.2, 0) is 0 Å². The van der Waals surface area contributed by atoms with E-state index in [1.807, 2.05) is 0 Å². The zero-order valence-corrected chi connectivity index (χ0v) is 9.72. The Balaban J connectivity index is 2.50. The van der Waals surface area contributed by atoms with Crippen LogP contribution in [0.2, 0.25) is 0 Å². The fourth-order valence-electron chi connectivity index (χ4n) is 1.91. The molecule has 2 atom stereocenters. The second kappa shape index (κ2) is 3.97. The van der Waals surface area contributed by atoms with Gasteiger partial charge in [0.05, 0.1) is 0 Å². The molecule has 0 radical (unpaired) electrons. The molecule has 2 unspecified atom stereocenters. The molecule has 0 saturated carbocycles. The van der Waals surface area contributed by atoms with Gasteiger partial charge in [-0.3, -0.25) is 4.90 Å². The molecule has 0 aliphatic carbocycles. The van der Waals surface area contributed by atoms with Crippen LogP contribution >= 0.6 is 0 Å². The third kappa shape index (κ3) is 2.68. The number of likely N-dealkylation sites (N-methyl/N-ethyl adjacent to an activating group) is 1. The topological polar surface area (TPSA) is 15.3 Å². The summed E-state index contributed by atoms with van der Waals surface area (Å²) in [4.78, 5) is 2.53. The van der Waals surface area contributed by atoms with Crippen molar-refractivity contribution in [1.29, 1.82) is 0 Å². The predicted octanol–water partition coefficient (Wildman–Crippen LogP) is 1.71. The van der Waals surface area contributed by atoms with Gasteiger partial charge in [-0.05, 0) is 32.4 Å². The molecular formula is C11H24N2. The first kappa shape index (κ1) is 11.0. The summed E-state index contributed by atoms with van der Waals surface area (Å²) in [5.74, 6) is 0. The standard InChI is InChI=1S/C11H24N2/c1-9(11(2,3)4)13(5)10-6-7-12-8-10/h9-10,12H,6-8H2,1-5H3. The summed E-state index contributed by atoms with van der Waals surface area (Å²) in [6, 6.07) is 1.40. The molecule has 78 valence electrons. The highest BCUT2D eigenvalue weighted by Gasteiger charge is 2.29. The summed E-state index contributed by atoms with van der Waals surface area (Å²) in [5, 5.41) is 3.42. The van der Waals surface area contributed by atoms with E-state index in [2.05, 4.69) is 45.0 Å². The highest BCUT2D eigenvalue weighted by Crippen LogP contribution is 2.25. The first-order valence-electron chi connectivity index (χ1n) is 5.35. The van der Waals surface area contributed by atoms with Gasteiger partial charge in [-0.15, -0.1) is 0 Å². The minimum Gasteiger partial charge on any atom is -0.315 e. The van der Waals surface area contributed by atoms with Gasteiger partial charge >= 0.3 is 0 Å². The van der Waals surface area contributed by atoms with Crippen LogP contribution in [0.25, 0.3) is 0 Å². The summed E-state index contributed by atoms with van der Waals surface area (Å²) in [7, 11) is 2.26. The molecule has 1 saturated heterocycles. The van der Waals surface area contributed by atoms with E-state index in [-0.39, 0.29) is 0 Å². The summed E-state index contributed by atoms with van der Waals surface area (Å²) < 4.78 is 0. The lowest BCUT2D eigenvalue weighted by atomic mass is 9.86. The minimum absolute atomic E-state index is 0.386. The summed E-state index contributed by atoms with van der Waals surface area (Å²) in [6.45, 7) is 11.6. The van der Waals surface area contributed by atoms with Gasteiger partial charge in [0.15, 0.2) is 0 Å². The zero-order chi connectivity index (χ0) is 10.1. The molecule has 1 heterocycles. The molecule has 0 aromatic rings. The van der Waals surface area contributed by atoms with Crippen LogP contribution < -0.4 is 5.32 Å². The smallest absolute Gasteiger partial charge is 0.0232 e. The van der Waals surface area contributed by atoms with Gasteiger partial charge in [0, 0.05) is 18.6 Å². The normalized spacial score (nSPS) is 26.8. The molecule has 13 heavy (non-hydrogen) atoms. The second-order valence-electron chi connectivity index (χ2n) is 5.35. The lowest BCUT2D eigenvalue weighted by molar-refractivity contribution is 0.105. The Bertz CT molecular complexity index is 154. The maximum Gasteiger partial charge on any atom is 0.0232 e. The molecule has 2 nitrogen and oxygen atoms in total. The molecule has 0 spiro atoms. The van der Waals surface area contributed by atoms with E-state index < -0.39 is 0 Å². The molecule has 1 fully saturated rings. The first-order valence-corrected chi connectivity index (χ1v) is 5.35. The average molecular weight is 184 g/mol. The van der Waals surface area contributed by atoms with Gasteiger partial charge < -0.3 is 5.32 Å². The van der Waals surface area contributed by atoms with Crippen molar-refractivity contribution < 1.29 is 0 Å². The van der Waals surface area contributed by atoms with E-state index in [9.17, 15) is 0 Å². The van der Waals surface area contributed by atoms with E-state index in [0.29, 0.717) is 11.5 Å². The number of nitrogens with one attached hydrogen (secondary N) is 1. The largest absolute Gasteiger partial charge is 0.315 e. The Morgan fingerprint density at radius 1 is 1.38 bits per heavy atom. The van der Waals surface area contributed by atoms with E-state index in [4.69, 9.17) is 0 Å². The zero-order valence-electron chi connectivity index (χ0n) is 9.72. The number of rotatable bonds is 2. The molecule has 2 heteroatoms. The van der Waals surface area contributed by atoms with Crippen molar-refractivity contribution in [1.82, 2.24) is 10.2 Å². The third-order valence-electron chi connectivity index (χ3n) is 3.47. The molecule has 1 rings (SSSR count). The molecule has 1 aliphatic heterocycles. The summed E-state index contributed by atoms with van der Waals surface area (Å²) in [5.41, 5.74) is 0.386. The maximum atomic E-state index is 3.42. The third-order valence-corrected chi connectivity index (χ3v) is 3.47. The molecule has 0 amide bonds. The van der Waals surface area contributed by atoms with Crippen molar-refractivity contribution in [3.8, 4) is 0 Å². The summed E-state index contributed by atoms with van der Waals surface area (Å²) in [6.07, 6.45) is 1.30. The van der Waals surface area contributed by atoms with Crippen molar-refractivity contribution in [3.05, 3.63) is 0 Å². The lowest BCUT2D eigenvalue weighted by Crippen LogP contribution is -2.46. The van der Waals surface area contributed by atoms with Crippen LogP contribution in [0, 0.1) is 5.41 Å². The average Bonchev–Trinajstić information content (AvgIpc) is 2.51. The molecule has 0 bridgehead atoms. The van der Waals surface area contributed by atoms with Gasteiger partial charge in [-0.25, -0.2) is 0 Å². The predicted molar refractivity (Wildman–Crippen MR) is 58.0 cm³/mol. The second-order valence-corrected chi connectivity index (χ2v) is 5.35. The Labute approximate surface area is 82.7 Å². The van der Waals surface area contributed by atoms with Crippen LogP contribution in [0.3, 0.4) is 0 Å². The van der Waals surface area contributed by atoms with Crippen LogP contribution in [0.1, 0.15) is 34.1 Å². The Morgan fingerprint density at radius 2 is 2.00 bits per heavy atom. The SMILES string of the molecule is CC(N(C)C1CCNC1)C(C)(C)C. The van der Waals surface area contributed by atoms with E-state index in [0.717, 1.165) is 12.6 Å². The summed E-state index contributed by atoms with van der Waals surface area (Å²) >= 11 is 0. The molecule has 0 aromatic heterocycles. The van der Waals surface area contributed by atoms with Crippen molar-refractivity contribution >= 4 is 0 Å². The van der Waals surface area contributed by atoms with Crippen molar-refractivity contribution in [3.63, 3.8) is 0 Å². The first-order chi connectivity index (χ1) is 5.93. The number of nitrogens with zero attached hydrogens (tertiary/aromatic N) is 1. The van der Waals surface area contributed by atoms with Crippen molar-refractivity contribution in [2.75, 3.05) is 20.1 Å². The van der Waals surface area contributed by atoms with Crippen LogP contribution in [0.15, 0.2) is 0 Å². The molecular weight excluding hydrogens is 160 g/mol. The Kier molecular flexibility index (Phi) is 3.36. The van der Waals surface area contributed by atoms with Gasteiger partial charge in [0.25, 0.3) is 0 Å². The molecule has 1 aliphatic rings. The van der Waals surface area contributed by atoms with Crippen LogP contribution in [0.5, 0.6) is 0 Å². The van der Waals surface area contributed by atoms with Crippen molar-refractivity contribution in [2.45, 2.75) is 46.2 Å². The molecule has 1 N–H and O–H groups in total. The number of hydrogen-bond acceptors (Lipinski definition) is 2. The highest BCUT2D eigenvalue weighted by atomic mass is 15.2. The van der Waals surface area contributed by atoms with Gasteiger partial charge in [0.2, 0.25) is 0 Å². The van der Waals surface area contributed by atoms with Gasteiger partial charge in [0.1, 0.15) is 0 Å². The fourth-order valence-corrected chi connectivity index (χ4v) is 1.91. The minimum atomic E-state index is 0.386. The van der Waals surface area contributed by atoms with Crippen molar-refractivity contribution in [2.24, 2.45) is 5.41 Å². The quantitative estimate of drug-likeness (QED) is 0.703. The van der Waals surface area contributed by atoms with Crippen LogP contribution in [-0.4, -0.2) is 37.1 Å². The van der Waals surface area contributed by atoms with Gasteiger partial charge in [-0.2, -0.15) is 0 Å². The number of hydrogen-bond donors (Lipinski definition) is 1. The van der Waals surface area contributed by atoms with E-state index >= 15 is 0 Å². The van der Waals surface area contributed by atoms with E-state index in [1.54, 1.807) is 0 Å². The monoisotopic (exact) mass is 184 g/mol. The van der Waals surface area contributed by atoms with Gasteiger partial charge in [-0.1, -0.05) is 20.8 Å². The van der Waals surface area contributed by atoms with Crippen LogP contribution in [0.4, 0.5) is 0 Å². The fraction of sp³-hybridized carbons (Fsp3) is 1.00. The Hall–Kier alpha value is -0.0800. The highest BCUT2D eigenvalue weighted by molar-refractivity contribution is 4.86.